The van der Waals surface area contributed by atoms with E-state index in [1.807, 2.05) is 0 Å². The van der Waals surface area contributed by atoms with Crippen molar-refractivity contribution in [3.63, 3.8) is 0 Å². The molecular formula is C13H17BrO2. The van der Waals surface area contributed by atoms with Gasteiger partial charge in [0.05, 0.1) is 11.1 Å². The van der Waals surface area contributed by atoms with E-state index in [0.29, 0.717) is 0 Å². The summed E-state index contributed by atoms with van der Waals surface area (Å²) in [6.07, 6.45) is 3.24. The topological polar surface area (TPSA) is 18.5 Å². The molecule has 0 radical (unpaired) electrons. The molecule has 3 heteroatoms. The largest absolute Gasteiger partial charge is 0.464 e. The van der Waals surface area contributed by atoms with E-state index >= 15 is 0 Å². The van der Waals surface area contributed by atoms with Crippen LogP contribution in [0, 0.1) is 13.8 Å². The van der Waals surface area contributed by atoms with Gasteiger partial charge in [0.25, 0.3) is 0 Å². The number of aryl methyl sites for hydroxylation is 2. The lowest BCUT2D eigenvalue weighted by atomic mass is 10.1. The third-order valence-corrected chi connectivity index (χ3v) is 3.78. The highest BCUT2D eigenvalue weighted by Crippen LogP contribution is 2.31. The zero-order valence-corrected chi connectivity index (χ0v) is 11.3. The van der Waals surface area contributed by atoms with Gasteiger partial charge in [-0.25, -0.2) is 0 Å². The molecule has 1 aromatic carbocycles. The van der Waals surface area contributed by atoms with E-state index < -0.39 is 0 Å². The van der Waals surface area contributed by atoms with Gasteiger partial charge in [0.1, 0.15) is 5.75 Å². The molecule has 0 spiro atoms. The average Bonchev–Trinajstić information content (AvgIpc) is 2.27. The highest BCUT2D eigenvalue weighted by molar-refractivity contribution is 9.10. The number of halogens is 1. The predicted octanol–water partition coefficient (Wildman–Crippen LogP) is 3.97. The first kappa shape index (κ1) is 11.9. The monoisotopic (exact) mass is 284 g/mol. The van der Waals surface area contributed by atoms with Gasteiger partial charge in [0.2, 0.25) is 0 Å². The van der Waals surface area contributed by atoms with Gasteiger partial charge in [0.15, 0.2) is 6.29 Å². The van der Waals surface area contributed by atoms with Crippen LogP contribution in [0.4, 0.5) is 0 Å². The van der Waals surface area contributed by atoms with E-state index in [2.05, 4.69) is 41.9 Å². The molecule has 0 aromatic heterocycles. The normalized spacial score (nSPS) is 20.8. The van der Waals surface area contributed by atoms with Gasteiger partial charge in [0, 0.05) is 6.42 Å². The van der Waals surface area contributed by atoms with Crippen molar-refractivity contribution >= 4 is 15.9 Å². The quantitative estimate of drug-likeness (QED) is 0.818. The first-order valence-corrected chi connectivity index (χ1v) is 6.51. The molecule has 1 saturated heterocycles. The molecule has 0 bridgehead atoms. The lowest BCUT2D eigenvalue weighted by Crippen LogP contribution is -2.25. The van der Waals surface area contributed by atoms with Crippen LogP contribution in [0.2, 0.25) is 0 Å². The van der Waals surface area contributed by atoms with Gasteiger partial charge in [-0.1, -0.05) is 6.07 Å². The number of benzene rings is 1. The predicted molar refractivity (Wildman–Crippen MR) is 67.8 cm³/mol. The second-order valence-corrected chi connectivity index (χ2v) is 5.10. The Morgan fingerprint density at radius 2 is 2.12 bits per heavy atom. The lowest BCUT2D eigenvalue weighted by molar-refractivity contribution is -0.106. The summed E-state index contributed by atoms with van der Waals surface area (Å²) in [7, 11) is 0. The van der Waals surface area contributed by atoms with Crippen LogP contribution in [-0.2, 0) is 4.74 Å². The molecule has 1 fully saturated rings. The summed E-state index contributed by atoms with van der Waals surface area (Å²) < 4.78 is 12.5. The maximum atomic E-state index is 5.88. The van der Waals surface area contributed by atoms with Gasteiger partial charge in [-0.05, 0) is 59.8 Å². The van der Waals surface area contributed by atoms with Crippen LogP contribution in [0.25, 0.3) is 0 Å². The Morgan fingerprint density at radius 3 is 2.81 bits per heavy atom. The molecule has 1 aliphatic heterocycles. The Morgan fingerprint density at radius 1 is 1.31 bits per heavy atom. The molecule has 1 aliphatic rings. The molecule has 1 atom stereocenters. The standard InChI is InChI=1S/C13H17BrO2/c1-9-7-10(2)13(14)11(8-9)16-12-5-3-4-6-15-12/h7-8,12H,3-6H2,1-2H3/t12-/m1/s1. The van der Waals surface area contributed by atoms with Crippen molar-refractivity contribution in [1.82, 2.24) is 0 Å². The molecule has 88 valence electrons. The molecule has 0 N–H and O–H groups in total. The number of rotatable bonds is 2. The van der Waals surface area contributed by atoms with Gasteiger partial charge < -0.3 is 9.47 Å². The Balaban J connectivity index is 2.13. The van der Waals surface area contributed by atoms with E-state index in [1.54, 1.807) is 0 Å². The summed E-state index contributed by atoms with van der Waals surface area (Å²) in [6, 6.07) is 4.19. The summed E-state index contributed by atoms with van der Waals surface area (Å²) >= 11 is 3.56. The second kappa shape index (κ2) is 5.19. The molecule has 0 amide bonds. The zero-order valence-electron chi connectivity index (χ0n) is 9.75. The van der Waals surface area contributed by atoms with Crippen LogP contribution in [0.15, 0.2) is 16.6 Å². The van der Waals surface area contributed by atoms with Crippen LogP contribution in [-0.4, -0.2) is 12.9 Å². The maximum Gasteiger partial charge on any atom is 0.199 e. The highest BCUT2D eigenvalue weighted by Gasteiger charge is 2.17. The molecule has 1 heterocycles. The van der Waals surface area contributed by atoms with Crippen LogP contribution in [0.1, 0.15) is 30.4 Å². The van der Waals surface area contributed by atoms with Gasteiger partial charge in [-0.2, -0.15) is 0 Å². The summed E-state index contributed by atoms with van der Waals surface area (Å²) in [5, 5.41) is 0. The fourth-order valence-electron chi connectivity index (χ4n) is 1.94. The fourth-order valence-corrected chi connectivity index (χ4v) is 2.26. The van der Waals surface area contributed by atoms with Gasteiger partial charge in [-0.3, -0.25) is 0 Å². The van der Waals surface area contributed by atoms with Crippen molar-refractivity contribution in [2.45, 2.75) is 39.4 Å². The van der Waals surface area contributed by atoms with E-state index in [9.17, 15) is 0 Å². The Labute approximate surface area is 105 Å². The van der Waals surface area contributed by atoms with E-state index in [4.69, 9.17) is 9.47 Å². The van der Waals surface area contributed by atoms with Crippen molar-refractivity contribution in [2.75, 3.05) is 6.61 Å². The Bertz CT molecular complexity index is 370. The van der Waals surface area contributed by atoms with Crippen LogP contribution in [0.5, 0.6) is 5.75 Å². The summed E-state index contributed by atoms with van der Waals surface area (Å²) in [6.45, 7) is 4.97. The molecule has 16 heavy (non-hydrogen) atoms. The number of hydrogen-bond donors (Lipinski definition) is 0. The van der Waals surface area contributed by atoms with Crippen molar-refractivity contribution in [3.05, 3.63) is 27.7 Å². The fraction of sp³-hybridized carbons (Fsp3) is 0.538. The van der Waals surface area contributed by atoms with Gasteiger partial charge in [-0.15, -0.1) is 0 Å². The molecule has 2 nitrogen and oxygen atoms in total. The second-order valence-electron chi connectivity index (χ2n) is 4.31. The van der Waals surface area contributed by atoms with Crippen molar-refractivity contribution < 1.29 is 9.47 Å². The first-order chi connectivity index (χ1) is 7.66. The molecule has 0 saturated carbocycles. The Kier molecular flexibility index (Phi) is 3.87. The maximum absolute atomic E-state index is 5.88. The molecular weight excluding hydrogens is 268 g/mol. The minimum Gasteiger partial charge on any atom is -0.464 e. The summed E-state index contributed by atoms with van der Waals surface area (Å²) in [5.74, 6) is 0.893. The zero-order chi connectivity index (χ0) is 11.5. The summed E-state index contributed by atoms with van der Waals surface area (Å²) in [5.41, 5.74) is 2.41. The number of ether oxygens (including phenoxy) is 2. The SMILES string of the molecule is Cc1cc(C)c(Br)c(O[C@@H]2CCCCO2)c1. The highest BCUT2D eigenvalue weighted by atomic mass is 79.9. The smallest absolute Gasteiger partial charge is 0.199 e. The van der Waals surface area contributed by atoms with Crippen LogP contribution < -0.4 is 4.74 Å². The molecule has 2 rings (SSSR count). The number of hydrogen-bond acceptors (Lipinski definition) is 2. The first-order valence-electron chi connectivity index (χ1n) is 5.72. The van der Waals surface area contributed by atoms with Crippen LogP contribution in [0.3, 0.4) is 0 Å². The third kappa shape index (κ3) is 2.77. The van der Waals surface area contributed by atoms with Crippen molar-refractivity contribution in [3.8, 4) is 5.75 Å². The molecule has 0 unspecified atom stereocenters. The molecule has 0 aliphatic carbocycles. The van der Waals surface area contributed by atoms with Crippen molar-refractivity contribution in [2.24, 2.45) is 0 Å². The van der Waals surface area contributed by atoms with Crippen molar-refractivity contribution in [1.29, 1.82) is 0 Å². The lowest BCUT2D eigenvalue weighted by Gasteiger charge is -2.24. The van der Waals surface area contributed by atoms with E-state index in [1.165, 1.54) is 17.5 Å². The Hall–Kier alpha value is -0.540. The summed E-state index contributed by atoms with van der Waals surface area (Å²) in [4.78, 5) is 0. The minimum atomic E-state index is -0.0775. The van der Waals surface area contributed by atoms with Gasteiger partial charge >= 0.3 is 0 Å². The van der Waals surface area contributed by atoms with E-state index in [0.717, 1.165) is 29.7 Å². The minimum absolute atomic E-state index is 0.0775. The van der Waals surface area contributed by atoms with Crippen LogP contribution >= 0.6 is 15.9 Å². The molecule has 1 aromatic rings. The third-order valence-electron chi connectivity index (χ3n) is 2.76. The average molecular weight is 285 g/mol. The van der Waals surface area contributed by atoms with E-state index in [-0.39, 0.29) is 6.29 Å².